The molecule has 1 saturated carbocycles. The van der Waals surface area contributed by atoms with Crippen LogP contribution in [0.2, 0.25) is 0 Å². The summed E-state index contributed by atoms with van der Waals surface area (Å²) in [5.41, 5.74) is 1.96. The number of unbranched alkanes of at least 4 members (excludes halogenated alkanes) is 1. The van der Waals surface area contributed by atoms with Gasteiger partial charge in [-0.2, -0.15) is 0 Å². The SMILES string of the molecule is CCCCn1nnc(CO)c1C1CC1. The van der Waals surface area contributed by atoms with Gasteiger partial charge < -0.3 is 5.11 Å². The van der Waals surface area contributed by atoms with Gasteiger partial charge in [0.15, 0.2) is 0 Å². The van der Waals surface area contributed by atoms with Crippen LogP contribution in [0.15, 0.2) is 0 Å². The highest BCUT2D eigenvalue weighted by Crippen LogP contribution is 2.41. The first kappa shape index (κ1) is 9.65. The molecule has 1 heterocycles. The Morgan fingerprint density at radius 2 is 2.29 bits per heavy atom. The summed E-state index contributed by atoms with van der Waals surface area (Å²) in [7, 11) is 0. The number of rotatable bonds is 5. The van der Waals surface area contributed by atoms with Crippen LogP contribution >= 0.6 is 0 Å². The van der Waals surface area contributed by atoms with Gasteiger partial charge >= 0.3 is 0 Å². The van der Waals surface area contributed by atoms with Crippen molar-refractivity contribution >= 4 is 0 Å². The number of aliphatic hydroxyl groups is 1. The second-order valence-corrected chi connectivity index (χ2v) is 3.93. The van der Waals surface area contributed by atoms with Crippen molar-refractivity contribution in [3.8, 4) is 0 Å². The molecule has 14 heavy (non-hydrogen) atoms. The summed E-state index contributed by atoms with van der Waals surface area (Å²) >= 11 is 0. The van der Waals surface area contributed by atoms with E-state index in [1.54, 1.807) is 0 Å². The van der Waals surface area contributed by atoms with Crippen LogP contribution in [-0.4, -0.2) is 20.1 Å². The zero-order chi connectivity index (χ0) is 9.97. The maximum absolute atomic E-state index is 9.12. The van der Waals surface area contributed by atoms with E-state index in [2.05, 4.69) is 17.2 Å². The van der Waals surface area contributed by atoms with Gasteiger partial charge in [0.25, 0.3) is 0 Å². The van der Waals surface area contributed by atoms with Gasteiger partial charge in [-0.1, -0.05) is 18.6 Å². The molecule has 0 atom stereocenters. The number of hydrogen-bond donors (Lipinski definition) is 1. The van der Waals surface area contributed by atoms with Crippen molar-refractivity contribution in [3.05, 3.63) is 11.4 Å². The van der Waals surface area contributed by atoms with E-state index in [1.165, 1.54) is 25.0 Å². The van der Waals surface area contributed by atoms with Crippen molar-refractivity contribution in [3.63, 3.8) is 0 Å². The fourth-order valence-corrected chi connectivity index (χ4v) is 1.75. The molecule has 0 unspecified atom stereocenters. The number of aryl methyl sites for hydroxylation is 1. The molecule has 4 heteroatoms. The fraction of sp³-hybridized carbons (Fsp3) is 0.800. The zero-order valence-corrected chi connectivity index (χ0v) is 8.61. The highest BCUT2D eigenvalue weighted by atomic mass is 16.3. The molecule has 0 amide bonds. The van der Waals surface area contributed by atoms with Crippen LogP contribution in [0.1, 0.15) is 49.9 Å². The molecule has 2 rings (SSSR count). The lowest BCUT2D eigenvalue weighted by molar-refractivity contribution is 0.275. The van der Waals surface area contributed by atoms with Crippen molar-refractivity contribution in [2.24, 2.45) is 0 Å². The Morgan fingerprint density at radius 3 is 2.86 bits per heavy atom. The van der Waals surface area contributed by atoms with E-state index < -0.39 is 0 Å². The molecule has 4 nitrogen and oxygen atoms in total. The van der Waals surface area contributed by atoms with Gasteiger partial charge in [0.05, 0.1) is 12.3 Å². The maximum atomic E-state index is 9.12. The van der Waals surface area contributed by atoms with Gasteiger partial charge in [-0.05, 0) is 19.3 Å². The van der Waals surface area contributed by atoms with E-state index in [1.807, 2.05) is 4.68 Å². The topological polar surface area (TPSA) is 50.9 Å². The Labute approximate surface area is 83.9 Å². The molecule has 0 bridgehead atoms. The minimum atomic E-state index is 0.0258. The largest absolute Gasteiger partial charge is 0.390 e. The predicted molar refractivity (Wildman–Crippen MR) is 52.8 cm³/mol. The summed E-state index contributed by atoms with van der Waals surface area (Å²) < 4.78 is 1.98. The maximum Gasteiger partial charge on any atom is 0.112 e. The number of hydrogen-bond acceptors (Lipinski definition) is 3. The summed E-state index contributed by atoms with van der Waals surface area (Å²) in [6.45, 7) is 3.13. The first-order valence-corrected chi connectivity index (χ1v) is 5.40. The Bertz CT molecular complexity index is 304. The molecule has 1 aromatic heterocycles. The normalized spacial score (nSPS) is 16.1. The van der Waals surface area contributed by atoms with Crippen LogP contribution in [0.4, 0.5) is 0 Å². The quantitative estimate of drug-likeness (QED) is 0.773. The Kier molecular flexibility index (Phi) is 2.82. The summed E-state index contributed by atoms with van der Waals surface area (Å²) in [5, 5.41) is 17.2. The average molecular weight is 195 g/mol. The van der Waals surface area contributed by atoms with Gasteiger partial charge in [-0.15, -0.1) is 5.10 Å². The molecule has 0 radical (unpaired) electrons. The monoisotopic (exact) mass is 195 g/mol. The average Bonchev–Trinajstić information content (AvgIpc) is 2.96. The fourth-order valence-electron chi connectivity index (χ4n) is 1.75. The standard InChI is InChI=1S/C10H17N3O/c1-2-3-6-13-10(8-4-5-8)9(7-14)11-12-13/h8,14H,2-7H2,1H3. The van der Waals surface area contributed by atoms with Crippen LogP contribution in [0.3, 0.4) is 0 Å². The van der Waals surface area contributed by atoms with Crippen LogP contribution in [-0.2, 0) is 13.2 Å². The lowest BCUT2D eigenvalue weighted by Crippen LogP contribution is -2.05. The molecule has 0 spiro atoms. The van der Waals surface area contributed by atoms with Crippen molar-refractivity contribution in [2.75, 3.05) is 0 Å². The van der Waals surface area contributed by atoms with E-state index in [9.17, 15) is 0 Å². The highest BCUT2D eigenvalue weighted by Gasteiger charge is 2.30. The molecule has 1 aliphatic rings. The Morgan fingerprint density at radius 1 is 1.50 bits per heavy atom. The van der Waals surface area contributed by atoms with Gasteiger partial charge in [-0.3, -0.25) is 0 Å². The van der Waals surface area contributed by atoms with Gasteiger partial charge in [0, 0.05) is 12.5 Å². The van der Waals surface area contributed by atoms with Gasteiger partial charge in [-0.25, -0.2) is 4.68 Å². The lowest BCUT2D eigenvalue weighted by Gasteiger charge is -2.04. The zero-order valence-electron chi connectivity index (χ0n) is 8.61. The minimum Gasteiger partial charge on any atom is -0.390 e. The van der Waals surface area contributed by atoms with Crippen molar-refractivity contribution in [1.29, 1.82) is 0 Å². The molecule has 1 aromatic rings. The third-order valence-electron chi connectivity index (χ3n) is 2.68. The van der Waals surface area contributed by atoms with Crippen molar-refractivity contribution in [1.82, 2.24) is 15.0 Å². The molecule has 1 N–H and O–H groups in total. The van der Waals surface area contributed by atoms with Crippen LogP contribution in [0.5, 0.6) is 0 Å². The van der Waals surface area contributed by atoms with Crippen molar-refractivity contribution in [2.45, 2.75) is 51.7 Å². The number of nitrogens with zero attached hydrogens (tertiary/aromatic N) is 3. The van der Waals surface area contributed by atoms with E-state index in [0.717, 1.165) is 18.7 Å². The molecule has 0 aliphatic heterocycles. The summed E-state index contributed by atoms with van der Waals surface area (Å²) in [6, 6.07) is 0. The molecule has 0 aromatic carbocycles. The lowest BCUT2D eigenvalue weighted by atomic mass is 10.2. The molecule has 1 aliphatic carbocycles. The molecule has 1 fully saturated rings. The number of aliphatic hydroxyl groups excluding tert-OH is 1. The smallest absolute Gasteiger partial charge is 0.112 e. The number of aromatic nitrogens is 3. The van der Waals surface area contributed by atoms with E-state index >= 15 is 0 Å². The first-order chi connectivity index (χ1) is 6.86. The van der Waals surface area contributed by atoms with Gasteiger partial charge in [0.1, 0.15) is 5.69 Å². The molecular weight excluding hydrogens is 178 g/mol. The van der Waals surface area contributed by atoms with E-state index in [4.69, 9.17) is 5.11 Å². The molecular formula is C10H17N3O. The molecule has 78 valence electrons. The van der Waals surface area contributed by atoms with Gasteiger partial charge in [0.2, 0.25) is 0 Å². The minimum absolute atomic E-state index is 0.0258. The van der Waals surface area contributed by atoms with Crippen LogP contribution < -0.4 is 0 Å². The van der Waals surface area contributed by atoms with E-state index in [0.29, 0.717) is 5.92 Å². The summed E-state index contributed by atoms with van der Waals surface area (Å²) in [4.78, 5) is 0. The summed E-state index contributed by atoms with van der Waals surface area (Å²) in [6.07, 6.45) is 4.76. The summed E-state index contributed by atoms with van der Waals surface area (Å²) in [5.74, 6) is 0.615. The second kappa shape index (κ2) is 4.09. The second-order valence-electron chi connectivity index (χ2n) is 3.93. The van der Waals surface area contributed by atoms with E-state index in [-0.39, 0.29) is 6.61 Å². The Hall–Kier alpha value is -0.900. The highest BCUT2D eigenvalue weighted by molar-refractivity contribution is 5.19. The van der Waals surface area contributed by atoms with Crippen LogP contribution in [0.25, 0.3) is 0 Å². The third-order valence-corrected chi connectivity index (χ3v) is 2.68. The molecule has 0 saturated heterocycles. The van der Waals surface area contributed by atoms with Crippen LogP contribution in [0, 0.1) is 0 Å². The predicted octanol–water partition coefficient (Wildman–Crippen LogP) is 1.45. The Balaban J connectivity index is 2.16. The first-order valence-electron chi connectivity index (χ1n) is 5.40. The van der Waals surface area contributed by atoms with Crippen molar-refractivity contribution < 1.29 is 5.11 Å². The third kappa shape index (κ3) is 1.80.